The van der Waals surface area contributed by atoms with Crippen LogP contribution in [0.3, 0.4) is 0 Å². The molecule has 0 aliphatic carbocycles. The second-order valence-corrected chi connectivity index (χ2v) is 5.22. The molecule has 8 heteroatoms. The van der Waals surface area contributed by atoms with Gasteiger partial charge in [0.15, 0.2) is 6.10 Å². The molecule has 0 spiro atoms. The van der Waals surface area contributed by atoms with Gasteiger partial charge in [-0.15, -0.1) is 0 Å². The Morgan fingerprint density at radius 1 is 1.27 bits per heavy atom. The maximum Gasteiger partial charge on any atom is 0.280 e. The highest BCUT2D eigenvalue weighted by Crippen LogP contribution is 2.18. The molecule has 0 radical (unpaired) electrons. The fourth-order valence-electron chi connectivity index (χ4n) is 2.03. The van der Waals surface area contributed by atoms with E-state index >= 15 is 0 Å². The number of nitrogens with zero attached hydrogens (tertiary/aromatic N) is 2. The van der Waals surface area contributed by atoms with Gasteiger partial charge in [0.25, 0.3) is 11.6 Å². The van der Waals surface area contributed by atoms with Gasteiger partial charge in [0.05, 0.1) is 17.7 Å². The van der Waals surface area contributed by atoms with E-state index in [0.29, 0.717) is 18.1 Å². The van der Waals surface area contributed by atoms with Crippen LogP contribution >= 0.6 is 0 Å². The fraction of sp³-hybridized carbons (Fsp3) is 0.222. The van der Waals surface area contributed by atoms with E-state index in [1.807, 2.05) is 31.2 Å². The summed E-state index contributed by atoms with van der Waals surface area (Å²) in [7, 11) is 0. The summed E-state index contributed by atoms with van der Waals surface area (Å²) in [5.41, 5.74) is 3.08. The molecule has 0 heterocycles. The number of ether oxygens (including phenoxy) is 2. The summed E-state index contributed by atoms with van der Waals surface area (Å²) in [4.78, 5) is 22.1. The van der Waals surface area contributed by atoms with Gasteiger partial charge in [-0.25, -0.2) is 5.43 Å². The van der Waals surface area contributed by atoms with Gasteiger partial charge in [-0.3, -0.25) is 14.9 Å². The zero-order valence-corrected chi connectivity index (χ0v) is 14.4. The molecule has 2 aromatic rings. The first-order valence-electron chi connectivity index (χ1n) is 7.97. The van der Waals surface area contributed by atoms with Gasteiger partial charge < -0.3 is 9.47 Å². The first kappa shape index (κ1) is 18.9. The molecule has 0 fully saturated rings. The molecule has 8 nitrogen and oxygen atoms in total. The molecule has 26 heavy (non-hydrogen) atoms. The van der Waals surface area contributed by atoms with Crippen molar-refractivity contribution in [2.75, 3.05) is 6.61 Å². The van der Waals surface area contributed by atoms with Crippen molar-refractivity contribution in [2.24, 2.45) is 5.10 Å². The SMILES string of the molecule is CCOc1ccccc1C=NNC(=O)C(C)Oc1ccc([N+](=O)[O-])cc1. The molecule has 0 aromatic heterocycles. The lowest BCUT2D eigenvalue weighted by Gasteiger charge is -2.12. The van der Waals surface area contributed by atoms with Crippen molar-refractivity contribution in [3.8, 4) is 11.5 Å². The number of carbonyl (C=O) groups excluding carboxylic acids is 1. The van der Waals surface area contributed by atoms with Crippen LogP contribution in [-0.2, 0) is 4.79 Å². The van der Waals surface area contributed by atoms with Gasteiger partial charge in [0, 0.05) is 17.7 Å². The number of carbonyl (C=O) groups is 1. The molecule has 0 aliphatic heterocycles. The van der Waals surface area contributed by atoms with E-state index in [9.17, 15) is 14.9 Å². The van der Waals surface area contributed by atoms with E-state index in [0.717, 1.165) is 5.56 Å². The first-order chi connectivity index (χ1) is 12.5. The molecule has 1 atom stereocenters. The fourth-order valence-corrected chi connectivity index (χ4v) is 2.03. The van der Waals surface area contributed by atoms with E-state index < -0.39 is 16.9 Å². The number of benzene rings is 2. The number of non-ortho nitro benzene ring substituents is 1. The zero-order chi connectivity index (χ0) is 18.9. The van der Waals surface area contributed by atoms with Crippen LogP contribution in [0.4, 0.5) is 5.69 Å². The van der Waals surface area contributed by atoms with E-state index in [4.69, 9.17) is 9.47 Å². The van der Waals surface area contributed by atoms with Crippen LogP contribution in [0.15, 0.2) is 53.6 Å². The van der Waals surface area contributed by atoms with E-state index in [1.165, 1.54) is 30.5 Å². The number of amides is 1. The second kappa shape index (κ2) is 9.16. The minimum Gasteiger partial charge on any atom is -0.493 e. The van der Waals surface area contributed by atoms with Crippen molar-refractivity contribution in [3.63, 3.8) is 0 Å². The molecule has 1 N–H and O–H groups in total. The van der Waals surface area contributed by atoms with Crippen LogP contribution < -0.4 is 14.9 Å². The molecule has 0 bridgehead atoms. The molecule has 0 saturated heterocycles. The minimum absolute atomic E-state index is 0.0491. The Kier molecular flexibility index (Phi) is 6.67. The Bertz CT molecular complexity index is 790. The second-order valence-electron chi connectivity index (χ2n) is 5.22. The highest BCUT2D eigenvalue weighted by molar-refractivity contribution is 5.86. The Morgan fingerprint density at radius 3 is 2.62 bits per heavy atom. The van der Waals surface area contributed by atoms with Gasteiger partial charge in [-0.1, -0.05) is 12.1 Å². The van der Waals surface area contributed by atoms with Crippen molar-refractivity contribution in [1.82, 2.24) is 5.43 Å². The summed E-state index contributed by atoms with van der Waals surface area (Å²) >= 11 is 0. The molecule has 136 valence electrons. The lowest BCUT2D eigenvalue weighted by molar-refractivity contribution is -0.384. The minimum atomic E-state index is -0.823. The Hall–Kier alpha value is -3.42. The van der Waals surface area contributed by atoms with Crippen LogP contribution in [0.2, 0.25) is 0 Å². The molecular formula is C18H19N3O5. The summed E-state index contributed by atoms with van der Waals surface area (Å²) in [5.74, 6) is 0.570. The Morgan fingerprint density at radius 2 is 1.96 bits per heavy atom. The van der Waals surface area contributed by atoms with Crippen molar-refractivity contribution >= 4 is 17.8 Å². The monoisotopic (exact) mass is 357 g/mol. The number of para-hydroxylation sites is 1. The summed E-state index contributed by atoms with van der Waals surface area (Å²) in [6.07, 6.45) is 0.664. The summed E-state index contributed by atoms with van der Waals surface area (Å²) in [6, 6.07) is 12.8. The van der Waals surface area contributed by atoms with Gasteiger partial charge >= 0.3 is 0 Å². The van der Waals surface area contributed by atoms with E-state index in [2.05, 4.69) is 10.5 Å². The van der Waals surface area contributed by atoms with Crippen LogP contribution in [0.25, 0.3) is 0 Å². The standard InChI is InChI=1S/C18H19N3O5/c1-3-25-17-7-5-4-6-14(17)12-19-20-18(22)13(2)26-16-10-8-15(9-11-16)21(23)24/h4-13H,3H2,1-2H3,(H,20,22). The van der Waals surface area contributed by atoms with Crippen LogP contribution in [0, 0.1) is 10.1 Å². The van der Waals surface area contributed by atoms with Crippen molar-refractivity contribution in [3.05, 3.63) is 64.2 Å². The summed E-state index contributed by atoms with van der Waals surface area (Å²) in [5, 5.41) is 14.5. The summed E-state index contributed by atoms with van der Waals surface area (Å²) in [6.45, 7) is 3.96. The lowest BCUT2D eigenvalue weighted by atomic mass is 10.2. The normalized spacial score (nSPS) is 11.8. The third kappa shape index (κ3) is 5.30. The number of nitro groups is 1. The quantitative estimate of drug-likeness (QED) is 0.444. The smallest absolute Gasteiger partial charge is 0.280 e. The third-order valence-electron chi connectivity index (χ3n) is 3.33. The van der Waals surface area contributed by atoms with Crippen molar-refractivity contribution in [1.29, 1.82) is 0 Å². The highest BCUT2D eigenvalue weighted by atomic mass is 16.6. The average Bonchev–Trinajstić information content (AvgIpc) is 2.63. The van der Waals surface area contributed by atoms with Crippen LogP contribution in [-0.4, -0.2) is 29.8 Å². The Balaban J connectivity index is 1.91. The van der Waals surface area contributed by atoms with Gasteiger partial charge in [-0.05, 0) is 38.1 Å². The maximum atomic E-state index is 12.0. The molecule has 0 saturated carbocycles. The largest absolute Gasteiger partial charge is 0.493 e. The average molecular weight is 357 g/mol. The van der Waals surface area contributed by atoms with Gasteiger partial charge in [0.1, 0.15) is 11.5 Å². The number of nitrogens with one attached hydrogen (secondary N) is 1. The summed E-state index contributed by atoms with van der Waals surface area (Å²) < 4.78 is 10.9. The topological polar surface area (TPSA) is 103 Å². The van der Waals surface area contributed by atoms with Gasteiger partial charge in [0.2, 0.25) is 0 Å². The number of rotatable bonds is 8. The van der Waals surface area contributed by atoms with Gasteiger partial charge in [-0.2, -0.15) is 5.10 Å². The number of hydrazone groups is 1. The van der Waals surface area contributed by atoms with Crippen LogP contribution in [0.1, 0.15) is 19.4 Å². The predicted molar refractivity (Wildman–Crippen MR) is 96.5 cm³/mol. The third-order valence-corrected chi connectivity index (χ3v) is 3.33. The lowest BCUT2D eigenvalue weighted by Crippen LogP contribution is -2.33. The molecule has 1 amide bonds. The molecular weight excluding hydrogens is 338 g/mol. The van der Waals surface area contributed by atoms with E-state index in [-0.39, 0.29) is 5.69 Å². The van der Waals surface area contributed by atoms with E-state index in [1.54, 1.807) is 6.92 Å². The van der Waals surface area contributed by atoms with Crippen molar-refractivity contribution in [2.45, 2.75) is 20.0 Å². The first-order valence-corrected chi connectivity index (χ1v) is 7.97. The molecule has 0 aliphatic rings. The number of hydrogen-bond acceptors (Lipinski definition) is 6. The molecule has 2 rings (SSSR count). The molecule has 1 unspecified atom stereocenters. The zero-order valence-electron chi connectivity index (χ0n) is 14.4. The molecule has 2 aromatic carbocycles. The van der Waals surface area contributed by atoms with Crippen molar-refractivity contribution < 1.29 is 19.2 Å². The number of hydrogen-bond donors (Lipinski definition) is 1. The van der Waals surface area contributed by atoms with Crippen LogP contribution in [0.5, 0.6) is 11.5 Å². The Labute approximate surface area is 150 Å². The number of nitro benzene ring substituents is 1. The maximum absolute atomic E-state index is 12.0. The predicted octanol–water partition coefficient (Wildman–Crippen LogP) is 2.91. The highest BCUT2D eigenvalue weighted by Gasteiger charge is 2.14.